The van der Waals surface area contributed by atoms with E-state index in [2.05, 4.69) is 35.9 Å². The fourth-order valence-corrected chi connectivity index (χ4v) is 5.96. The molecule has 110 valence electrons. The van der Waals surface area contributed by atoms with Crippen molar-refractivity contribution in [2.75, 3.05) is 12.8 Å². The fourth-order valence-electron chi connectivity index (χ4n) is 4.82. The van der Waals surface area contributed by atoms with Gasteiger partial charge in [0, 0.05) is 29.4 Å². The number of nitrogens with zero attached hydrogens (tertiary/aromatic N) is 1. The van der Waals surface area contributed by atoms with E-state index < -0.39 is 0 Å². The van der Waals surface area contributed by atoms with Crippen molar-refractivity contribution in [1.29, 1.82) is 0 Å². The van der Waals surface area contributed by atoms with E-state index in [1.807, 2.05) is 0 Å². The zero-order valence-electron chi connectivity index (χ0n) is 12.6. The molecule has 0 aromatic carbocycles. The molecule has 1 aliphatic carbocycles. The van der Waals surface area contributed by atoms with Gasteiger partial charge in [0.05, 0.1) is 0 Å². The van der Waals surface area contributed by atoms with Gasteiger partial charge in [0.2, 0.25) is 0 Å². The lowest BCUT2D eigenvalue weighted by Crippen LogP contribution is -2.58. The van der Waals surface area contributed by atoms with Crippen LogP contribution in [0.1, 0.15) is 58.3 Å². The summed E-state index contributed by atoms with van der Waals surface area (Å²) in [5.74, 6) is 1.30. The van der Waals surface area contributed by atoms with Crippen molar-refractivity contribution in [3.05, 3.63) is 0 Å². The van der Waals surface area contributed by atoms with Crippen LogP contribution in [0, 0.1) is 0 Å². The Bertz CT molecular complexity index is 282. The minimum atomic E-state index is 0.786. The van der Waals surface area contributed by atoms with E-state index in [4.69, 9.17) is 0 Å². The third kappa shape index (κ3) is 2.98. The number of hydrogen-bond acceptors (Lipinski definition) is 3. The Balaban J connectivity index is 1.64. The number of rotatable bonds is 4. The average molecular weight is 282 g/mol. The molecule has 3 rings (SSSR count). The van der Waals surface area contributed by atoms with Gasteiger partial charge < -0.3 is 5.32 Å². The summed E-state index contributed by atoms with van der Waals surface area (Å²) in [6.45, 7) is 2.31. The first-order valence-corrected chi connectivity index (χ1v) is 9.43. The summed E-state index contributed by atoms with van der Waals surface area (Å²) in [7, 11) is 2.15. The lowest BCUT2D eigenvalue weighted by atomic mass is 9.80. The van der Waals surface area contributed by atoms with Gasteiger partial charge in [-0.15, -0.1) is 0 Å². The third-order valence-corrected chi connectivity index (χ3v) is 6.85. The minimum Gasteiger partial charge on any atom is -0.317 e. The number of hydrogen-bond donors (Lipinski definition) is 1. The van der Waals surface area contributed by atoms with E-state index in [1.54, 1.807) is 0 Å². The molecule has 1 N–H and O–H groups in total. The predicted molar refractivity (Wildman–Crippen MR) is 84.9 cm³/mol. The molecule has 2 bridgehead atoms. The van der Waals surface area contributed by atoms with Crippen LogP contribution in [0.5, 0.6) is 0 Å². The topological polar surface area (TPSA) is 15.3 Å². The van der Waals surface area contributed by atoms with Crippen molar-refractivity contribution in [1.82, 2.24) is 10.2 Å². The summed E-state index contributed by atoms with van der Waals surface area (Å²) in [5.41, 5.74) is 0. The summed E-state index contributed by atoms with van der Waals surface area (Å²) in [6.07, 6.45) is 11.6. The van der Waals surface area contributed by atoms with Gasteiger partial charge >= 0.3 is 0 Å². The largest absolute Gasteiger partial charge is 0.317 e. The molecule has 3 fully saturated rings. The Labute approximate surface area is 123 Å². The van der Waals surface area contributed by atoms with Gasteiger partial charge in [-0.25, -0.2) is 0 Å². The SMILES string of the molecule is CCSC1CCC(N2C3CCCC2CC(NC)C3)C1. The van der Waals surface area contributed by atoms with Gasteiger partial charge in [0.15, 0.2) is 0 Å². The van der Waals surface area contributed by atoms with E-state index in [-0.39, 0.29) is 0 Å². The van der Waals surface area contributed by atoms with Crippen molar-refractivity contribution >= 4 is 11.8 Å². The van der Waals surface area contributed by atoms with Crippen LogP contribution in [0.3, 0.4) is 0 Å². The van der Waals surface area contributed by atoms with E-state index >= 15 is 0 Å². The molecule has 2 nitrogen and oxygen atoms in total. The van der Waals surface area contributed by atoms with E-state index in [0.717, 1.165) is 29.4 Å². The highest BCUT2D eigenvalue weighted by molar-refractivity contribution is 7.99. The molecule has 3 aliphatic rings. The molecular formula is C16H30N2S. The average Bonchev–Trinajstić information content (AvgIpc) is 2.86. The Kier molecular flexibility index (Phi) is 4.76. The Morgan fingerprint density at radius 3 is 2.32 bits per heavy atom. The second-order valence-electron chi connectivity index (χ2n) is 6.69. The minimum absolute atomic E-state index is 0.786. The maximum atomic E-state index is 3.54. The monoisotopic (exact) mass is 282 g/mol. The predicted octanol–water partition coefficient (Wildman–Crippen LogP) is 3.27. The Hall–Kier alpha value is 0.270. The normalized spacial score (nSPS) is 43.6. The quantitative estimate of drug-likeness (QED) is 0.852. The molecule has 4 unspecified atom stereocenters. The van der Waals surface area contributed by atoms with Crippen molar-refractivity contribution in [2.45, 2.75) is 87.7 Å². The fraction of sp³-hybridized carbons (Fsp3) is 1.00. The Morgan fingerprint density at radius 2 is 1.68 bits per heavy atom. The van der Waals surface area contributed by atoms with Gasteiger partial charge in [-0.05, 0) is 57.7 Å². The Morgan fingerprint density at radius 1 is 1.00 bits per heavy atom. The van der Waals surface area contributed by atoms with Gasteiger partial charge in [0.25, 0.3) is 0 Å². The molecule has 4 atom stereocenters. The summed E-state index contributed by atoms with van der Waals surface area (Å²) in [6, 6.07) is 3.48. The summed E-state index contributed by atoms with van der Waals surface area (Å²) < 4.78 is 0. The van der Waals surface area contributed by atoms with Crippen LogP contribution in [0.2, 0.25) is 0 Å². The highest BCUT2D eigenvalue weighted by atomic mass is 32.2. The zero-order chi connectivity index (χ0) is 13.2. The van der Waals surface area contributed by atoms with Crippen LogP contribution >= 0.6 is 11.8 Å². The molecule has 19 heavy (non-hydrogen) atoms. The lowest BCUT2D eigenvalue weighted by molar-refractivity contribution is -0.00756. The molecule has 3 heteroatoms. The first-order chi connectivity index (χ1) is 9.31. The van der Waals surface area contributed by atoms with Crippen molar-refractivity contribution < 1.29 is 0 Å². The number of nitrogens with one attached hydrogen (secondary N) is 1. The molecule has 0 aromatic heterocycles. The highest BCUT2D eigenvalue weighted by Gasteiger charge is 2.43. The molecule has 2 aliphatic heterocycles. The second-order valence-corrected chi connectivity index (χ2v) is 8.26. The zero-order valence-corrected chi connectivity index (χ0v) is 13.4. The molecule has 0 spiro atoms. The van der Waals surface area contributed by atoms with Crippen LogP contribution < -0.4 is 5.32 Å². The summed E-state index contributed by atoms with van der Waals surface area (Å²) >= 11 is 2.20. The van der Waals surface area contributed by atoms with Gasteiger partial charge in [-0.3, -0.25) is 4.90 Å². The number of piperidine rings is 2. The molecule has 0 aromatic rings. The third-order valence-electron chi connectivity index (χ3n) is 5.62. The molecule has 0 amide bonds. The van der Waals surface area contributed by atoms with Gasteiger partial charge in [-0.2, -0.15) is 11.8 Å². The molecule has 2 saturated heterocycles. The van der Waals surface area contributed by atoms with Gasteiger partial charge in [0.1, 0.15) is 0 Å². The van der Waals surface area contributed by atoms with Crippen LogP contribution in [0.15, 0.2) is 0 Å². The second kappa shape index (κ2) is 6.36. The van der Waals surface area contributed by atoms with Crippen molar-refractivity contribution in [3.63, 3.8) is 0 Å². The first kappa shape index (κ1) is 14.2. The van der Waals surface area contributed by atoms with E-state index in [0.29, 0.717) is 0 Å². The maximum absolute atomic E-state index is 3.54. The van der Waals surface area contributed by atoms with E-state index in [1.165, 1.54) is 57.1 Å². The number of fused-ring (bicyclic) bond motifs is 2. The smallest absolute Gasteiger partial charge is 0.0116 e. The summed E-state index contributed by atoms with van der Waals surface area (Å²) in [5, 5.41) is 4.50. The van der Waals surface area contributed by atoms with Crippen LogP contribution in [-0.2, 0) is 0 Å². The lowest BCUT2D eigenvalue weighted by Gasteiger charge is -2.51. The van der Waals surface area contributed by atoms with Crippen LogP contribution in [0.25, 0.3) is 0 Å². The highest BCUT2D eigenvalue weighted by Crippen LogP contribution is 2.41. The first-order valence-electron chi connectivity index (χ1n) is 8.38. The van der Waals surface area contributed by atoms with Crippen LogP contribution in [-0.4, -0.2) is 47.1 Å². The number of thioether (sulfide) groups is 1. The standard InChI is InChI=1S/C16H30N2S/c1-3-19-16-8-7-15(11-16)18-13-5-4-6-14(18)10-12(9-13)17-2/h12-17H,3-11H2,1-2H3. The van der Waals surface area contributed by atoms with E-state index in [9.17, 15) is 0 Å². The maximum Gasteiger partial charge on any atom is 0.0116 e. The molecule has 0 radical (unpaired) electrons. The molecular weight excluding hydrogens is 252 g/mol. The van der Waals surface area contributed by atoms with Gasteiger partial charge in [-0.1, -0.05) is 13.3 Å². The van der Waals surface area contributed by atoms with Crippen molar-refractivity contribution in [2.24, 2.45) is 0 Å². The molecule has 2 heterocycles. The van der Waals surface area contributed by atoms with Crippen molar-refractivity contribution in [3.8, 4) is 0 Å². The van der Waals surface area contributed by atoms with Crippen LogP contribution in [0.4, 0.5) is 0 Å². The summed E-state index contributed by atoms with van der Waals surface area (Å²) in [4.78, 5) is 2.98. The molecule has 1 saturated carbocycles.